The molecule has 2 rings (SSSR count). The van der Waals surface area contributed by atoms with Crippen LogP contribution in [-0.2, 0) is 14.3 Å². The Morgan fingerprint density at radius 1 is 1.43 bits per heavy atom. The molecule has 1 aliphatic heterocycles. The summed E-state index contributed by atoms with van der Waals surface area (Å²) >= 11 is 0. The Hall–Kier alpha value is -2.41. The summed E-state index contributed by atoms with van der Waals surface area (Å²) in [6, 6.07) is 4.88. The van der Waals surface area contributed by atoms with Crippen LogP contribution in [0.15, 0.2) is 24.3 Å². The molecule has 0 spiro atoms. The van der Waals surface area contributed by atoms with Crippen LogP contribution in [0.3, 0.4) is 0 Å². The summed E-state index contributed by atoms with van der Waals surface area (Å²) in [5, 5.41) is 11.2. The second-order valence-corrected chi connectivity index (χ2v) is 4.46. The van der Waals surface area contributed by atoms with Gasteiger partial charge >= 0.3 is 5.97 Å². The van der Waals surface area contributed by atoms with Gasteiger partial charge in [0.1, 0.15) is 5.69 Å². The van der Waals surface area contributed by atoms with Gasteiger partial charge in [-0.3, -0.25) is 10.1 Å². The number of ether oxygens (including phenoxy) is 2. The molecule has 1 aromatic rings. The van der Waals surface area contributed by atoms with Crippen LogP contribution < -0.4 is 4.90 Å². The molecule has 0 aromatic heterocycles. The Kier molecular flexibility index (Phi) is 4.89. The number of carbonyl (C=O) groups is 1. The van der Waals surface area contributed by atoms with E-state index in [1.54, 1.807) is 12.1 Å². The van der Waals surface area contributed by atoms with Crippen LogP contribution in [0.25, 0.3) is 6.08 Å². The molecular formula is C14H16N2O5. The van der Waals surface area contributed by atoms with Gasteiger partial charge in [-0.2, -0.15) is 0 Å². The first-order chi connectivity index (χ1) is 10.1. The van der Waals surface area contributed by atoms with Gasteiger partial charge in [-0.15, -0.1) is 0 Å². The summed E-state index contributed by atoms with van der Waals surface area (Å²) in [6.07, 6.45) is 2.72. The third-order valence-corrected chi connectivity index (χ3v) is 3.16. The molecule has 7 heteroatoms. The van der Waals surface area contributed by atoms with Crippen molar-refractivity contribution in [1.82, 2.24) is 0 Å². The summed E-state index contributed by atoms with van der Waals surface area (Å²) in [6.45, 7) is 2.36. The van der Waals surface area contributed by atoms with Crippen molar-refractivity contribution in [2.45, 2.75) is 0 Å². The molecule has 0 saturated carbocycles. The molecule has 112 valence electrons. The van der Waals surface area contributed by atoms with Crippen LogP contribution in [0.1, 0.15) is 5.56 Å². The van der Waals surface area contributed by atoms with Gasteiger partial charge in [-0.1, -0.05) is 6.07 Å². The Morgan fingerprint density at radius 2 is 2.14 bits per heavy atom. The summed E-state index contributed by atoms with van der Waals surface area (Å²) in [7, 11) is 1.27. The number of morpholine rings is 1. The number of rotatable bonds is 4. The molecule has 7 nitrogen and oxygen atoms in total. The van der Waals surface area contributed by atoms with Crippen molar-refractivity contribution < 1.29 is 19.2 Å². The average molecular weight is 292 g/mol. The molecule has 0 atom stereocenters. The van der Waals surface area contributed by atoms with E-state index >= 15 is 0 Å². The molecule has 0 radical (unpaired) electrons. The van der Waals surface area contributed by atoms with Crippen LogP contribution in [0.5, 0.6) is 0 Å². The van der Waals surface area contributed by atoms with Crippen LogP contribution in [-0.4, -0.2) is 44.3 Å². The van der Waals surface area contributed by atoms with Crippen LogP contribution in [0.2, 0.25) is 0 Å². The van der Waals surface area contributed by atoms with E-state index in [0.29, 0.717) is 37.6 Å². The molecule has 1 saturated heterocycles. The maximum atomic E-state index is 11.2. The van der Waals surface area contributed by atoms with Gasteiger partial charge in [-0.05, 0) is 17.7 Å². The number of hydrogen-bond acceptors (Lipinski definition) is 6. The first-order valence-electron chi connectivity index (χ1n) is 6.49. The van der Waals surface area contributed by atoms with Crippen LogP contribution in [0, 0.1) is 10.1 Å². The zero-order valence-corrected chi connectivity index (χ0v) is 11.7. The largest absolute Gasteiger partial charge is 0.466 e. The fraction of sp³-hybridized carbons (Fsp3) is 0.357. The number of nitro benzene ring substituents is 1. The summed E-state index contributed by atoms with van der Waals surface area (Å²) in [4.78, 5) is 23.8. The lowest BCUT2D eigenvalue weighted by Crippen LogP contribution is -2.36. The molecule has 0 bridgehead atoms. The minimum absolute atomic E-state index is 0.0175. The second-order valence-electron chi connectivity index (χ2n) is 4.46. The van der Waals surface area contributed by atoms with Gasteiger partial charge in [0.2, 0.25) is 0 Å². The first kappa shape index (κ1) is 15.0. The summed E-state index contributed by atoms with van der Waals surface area (Å²) in [5.41, 5.74) is 1.16. The number of anilines is 1. The van der Waals surface area contributed by atoms with E-state index in [2.05, 4.69) is 4.74 Å². The third-order valence-electron chi connectivity index (χ3n) is 3.16. The Bertz CT molecular complexity index is 564. The highest BCUT2D eigenvalue weighted by atomic mass is 16.6. The number of hydrogen-bond donors (Lipinski definition) is 0. The van der Waals surface area contributed by atoms with Crippen molar-refractivity contribution in [3.63, 3.8) is 0 Å². The molecule has 1 aromatic carbocycles. The van der Waals surface area contributed by atoms with Gasteiger partial charge in [0.25, 0.3) is 5.69 Å². The zero-order valence-electron chi connectivity index (χ0n) is 11.7. The quantitative estimate of drug-likeness (QED) is 0.363. The SMILES string of the molecule is COC(=O)/C=C/c1ccc(N2CCOCC2)c([N+](=O)[O-])c1. The highest BCUT2D eigenvalue weighted by Crippen LogP contribution is 2.30. The van der Waals surface area contributed by atoms with Gasteiger partial charge in [0.15, 0.2) is 0 Å². The van der Waals surface area contributed by atoms with E-state index in [1.165, 1.54) is 25.3 Å². The number of esters is 1. The van der Waals surface area contributed by atoms with Gasteiger partial charge in [0.05, 0.1) is 25.2 Å². The smallest absolute Gasteiger partial charge is 0.330 e. The first-order valence-corrected chi connectivity index (χ1v) is 6.49. The minimum Gasteiger partial charge on any atom is -0.466 e. The van der Waals surface area contributed by atoms with Crippen molar-refractivity contribution in [2.75, 3.05) is 38.3 Å². The molecule has 21 heavy (non-hydrogen) atoms. The number of nitro groups is 1. The number of benzene rings is 1. The lowest BCUT2D eigenvalue weighted by atomic mass is 10.1. The normalized spacial score (nSPS) is 15.2. The van der Waals surface area contributed by atoms with Crippen molar-refractivity contribution in [1.29, 1.82) is 0 Å². The van der Waals surface area contributed by atoms with Crippen molar-refractivity contribution in [3.05, 3.63) is 40.0 Å². The standard InChI is InChI=1S/C14H16N2O5/c1-20-14(17)5-3-11-2-4-12(13(10-11)16(18)19)15-6-8-21-9-7-15/h2-5,10H,6-9H2,1H3/b5-3+. The van der Waals surface area contributed by atoms with Gasteiger partial charge in [-0.25, -0.2) is 4.79 Å². The van der Waals surface area contributed by atoms with Gasteiger partial charge < -0.3 is 14.4 Å². The maximum absolute atomic E-state index is 11.2. The fourth-order valence-corrected chi connectivity index (χ4v) is 2.09. The van der Waals surface area contributed by atoms with E-state index in [0.717, 1.165) is 0 Å². The third kappa shape index (κ3) is 3.79. The highest BCUT2D eigenvalue weighted by Gasteiger charge is 2.21. The molecule has 0 aliphatic carbocycles. The molecule has 0 unspecified atom stereocenters. The summed E-state index contributed by atoms with van der Waals surface area (Å²) in [5.74, 6) is -0.505. The van der Waals surface area contributed by atoms with E-state index in [-0.39, 0.29) is 5.69 Å². The van der Waals surface area contributed by atoms with E-state index in [9.17, 15) is 14.9 Å². The number of carbonyl (C=O) groups excluding carboxylic acids is 1. The number of methoxy groups -OCH3 is 1. The second kappa shape index (κ2) is 6.85. The summed E-state index contributed by atoms with van der Waals surface area (Å²) < 4.78 is 9.74. The highest BCUT2D eigenvalue weighted by molar-refractivity contribution is 5.87. The predicted octanol–water partition coefficient (Wildman–Crippen LogP) is 1.62. The van der Waals surface area contributed by atoms with Crippen molar-refractivity contribution in [3.8, 4) is 0 Å². The Morgan fingerprint density at radius 3 is 2.76 bits per heavy atom. The fourth-order valence-electron chi connectivity index (χ4n) is 2.09. The van der Waals surface area contributed by atoms with E-state index < -0.39 is 10.9 Å². The molecule has 1 fully saturated rings. The lowest BCUT2D eigenvalue weighted by molar-refractivity contribution is -0.384. The van der Waals surface area contributed by atoms with Crippen LogP contribution in [0.4, 0.5) is 11.4 Å². The molecule has 1 aliphatic rings. The zero-order chi connectivity index (χ0) is 15.2. The van der Waals surface area contributed by atoms with E-state index in [1.807, 2.05) is 4.90 Å². The maximum Gasteiger partial charge on any atom is 0.330 e. The molecule has 0 N–H and O–H groups in total. The predicted molar refractivity (Wildman–Crippen MR) is 77.2 cm³/mol. The van der Waals surface area contributed by atoms with Crippen molar-refractivity contribution in [2.24, 2.45) is 0 Å². The van der Waals surface area contributed by atoms with Crippen LogP contribution >= 0.6 is 0 Å². The Balaban J connectivity index is 2.28. The molecular weight excluding hydrogens is 276 g/mol. The average Bonchev–Trinajstić information content (AvgIpc) is 2.53. The molecule has 0 amide bonds. The minimum atomic E-state index is -0.505. The number of nitrogens with zero attached hydrogens (tertiary/aromatic N) is 2. The van der Waals surface area contributed by atoms with Crippen molar-refractivity contribution >= 4 is 23.4 Å². The Labute approximate surface area is 121 Å². The van der Waals surface area contributed by atoms with Gasteiger partial charge in [0, 0.05) is 25.2 Å². The van der Waals surface area contributed by atoms with E-state index in [4.69, 9.17) is 4.74 Å². The molecule has 1 heterocycles. The monoisotopic (exact) mass is 292 g/mol. The topological polar surface area (TPSA) is 81.9 Å². The lowest BCUT2D eigenvalue weighted by Gasteiger charge is -2.28.